The van der Waals surface area contributed by atoms with Crippen molar-refractivity contribution in [3.05, 3.63) is 72.4 Å². The fourth-order valence-electron chi connectivity index (χ4n) is 15.4. The number of allylic oxidation sites excluding steroid dienone is 9. The van der Waals surface area contributed by atoms with Crippen molar-refractivity contribution >= 4 is 23.9 Å². The lowest BCUT2D eigenvalue weighted by molar-refractivity contribution is -0.167. The van der Waals surface area contributed by atoms with Crippen LogP contribution >= 0.6 is 0 Å². The Hall–Kier alpha value is -3.72. The minimum atomic E-state index is -0.821. The molecule has 0 spiro atoms. The van der Waals surface area contributed by atoms with Gasteiger partial charge in [-0.25, -0.2) is 0 Å². The number of esters is 4. The van der Waals surface area contributed by atoms with E-state index in [0.29, 0.717) is 43.4 Å². The van der Waals surface area contributed by atoms with Crippen LogP contribution in [0.15, 0.2) is 72.4 Å². The van der Waals surface area contributed by atoms with Crippen molar-refractivity contribution in [1.29, 1.82) is 0 Å². The first kappa shape index (κ1) is 79.7. The molecule has 0 heterocycles. The number of carbonyl (C=O) groups excluding carboxylic acids is 4. The molecule has 0 N–H and O–H groups in total. The predicted molar refractivity (Wildman–Crippen MR) is 380 cm³/mol. The van der Waals surface area contributed by atoms with Gasteiger partial charge < -0.3 is 23.7 Å². The first-order chi connectivity index (χ1) is 44.5. The molecule has 9 atom stereocenters. The Morgan fingerprint density at radius 3 is 1.42 bits per heavy atom. The van der Waals surface area contributed by atoms with Crippen molar-refractivity contribution in [1.82, 2.24) is 0 Å². The van der Waals surface area contributed by atoms with E-state index < -0.39 is 6.10 Å². The Morgan fingerprint density at radius 1 is 0.451 bits per heavy atom. The highest BCUT2D eigenvalue weighted by Crippen LogP contribution is 2.66. The summed E-state index contributed by atoms with van der Waals surface area (Å²) < 4.78 is 30.3. The van der Waals surface area contributed by atoms with Crippen LogP contribution < -0.4 is 0 Å². The second kappa shape index (κ2) is 50.7. The molecule has 0 bridgehead atoms. The monoisotopic (exact) mass is 1270 g/mol. The molecule has 0 aliphatic heterocycles. The van der Waals surface area contributed by atoms with E-state index in [0.717, 1.165) is 161 Å². The summed E-state index contributed by atoms with van der Waals surface area (Å²) in [4.78, 5) is 51.8. The van der Waals surface area contributed by atoms with Crippen LogP contribution in [-0.2, 0) is 42.9 Å². The lowest BCUT2D eigenvalue weighted by Gasteiger charge is -2.58. The Morgan fingerprint density at radius 2 is 0.879 bits per heavy atom. The molecule has 91 heavy (non-hydrogen) atoms. The van der Waals surface area contributed by atoms with Gasteiger partial charge in [-0.05, 0) is 184 Å². The Labute approximate surface area is 558 Å². The zero-order chi connectivity index (χ0) is 65.3. The summed E-state index contributed by atoms with van der Waals surface area (Å²) in [5.41, 5.74) is 1.97. The first-order valence-corrected chi connectivity index (χ1v) is 38.8. The highest BCUT2D eigenvalue weighted by molar-refractivity contribution is 5.71. The first-order valence-electron chi connectivity index (χ1n) is 38.8. The van der Waals surface area contributed by atoms with E-state index in [9.17, 15) is 19.2 Å². The van der Waals surface area contributed by atoms with E-state index >= 15 is 0 Å². The third-order valence-corrected chi connectivity index (χ3v) is 21.1. The number of ether oxygens (including phenoxy) is 5. The number of hydrogen-bond acceptors (Lipinski definition) is 9. The van der Waals surface area contributed by atoms with E-state index in [2.05, 4.69) is 108 Å². The fourth-order valence-corrected chi connectivity index (χ4v) is 15.4. The summed E-state index contributed by atoms with van der Waals surface area (Å²) >= 11 is 0. The van der Waals surface area contributed by atoms with E-state index in [1.807, 2.05) is 0 Å². The van der Waals surface area contributed by atoms with Crippen molar-refractivity contribution in [3.8, 4) is 0 Å². The highest BCUT2D eigenvalue weighted by Gasteiger charge is 2.60. The topological polar surface area (TPSA) is 114 Å². The van der Waals surface area contributed by atoms with Gasteiger partial charge in [-0.15, -0.1) is 0 Å². The number of unbranched alkanes of at least 4 members (excludes halogenated alkanes) is 29. The molecule has 0 amide bonds. The molecule has 3 saturated carbocycles. The summed E-state index contributed by atoms with van der Waals surface area (Å²) in [6, 6.07) is 0. The third-order valence-electron chi connectivity index (χ3n) is 21.1. The van der Waals surface area contributed by atoms with E-state index in [1.165, 1.54) is 128 Å². The molecule has 9 nitrogen and oxygen atoms in total. The van der Waals surface area contributed by atoms with Gasteiger partial charge in [-0.1, -0.05) is 242 Å². The zero-order valence-electron chi connectivity index (χ0n) is 59.6. The molecule has 4 rings (SSSR count). The molecule has 4 aliphatic carbocycles. The number of fused-ring (bicyclic) bond motifs is 5. The quantitative estimate of drug-likeness (QED) is 0.0254. The van der Waals surface area contributed by atoms with Crippen LogP contribution in [0, 0.1) is 28.6 Å². The van der Waals surface area contributed by atoms with Gasteiger partial charge >= 0.3 is 23.9 Å². The van der Waals surface area contributed by atoms with Crippen molar-refractivity contribution < 1.29 is 42.9 Å². The SMILES string of the molecule is CCCCC/C=C\C/C=C\CCCCCCCC(=O)OC(COC(=O)CCCCCCC/C=C\CCCCCCCC)COC(=O)CCCCCCC/C=C\C(/C=C\CCCCC)OC1C=C2CC[C@@H]3C(CC[C@@]4(C)C3CC[C@@H]4OC(=O)CCCCC)[C@@]2(C)CC1. The number of hydrogen-bond donors (Lipinski definition) is 0. The van der Waals surface area contributed by atoms with E-state index in [4.69, 9.17) is 23.7 Å². The van der Waals surface area contributed by atoms with Crippen LogP contribution in [0.2, 0.25) is 0 Å². The fraction of sp³-hybridized carbons (Fsp3) is 0.805. The number of carbonyl (C=O) groups is 4. The van der Waals surface area contributed by atoms with Gasteiger partial charge in [-0.3, -0.25) is 19.2 Å². The summed E-state index contributed by atoms with van der Waals surface area (Å²) in [5.74, 6) is 1.13. The highest BCUT2D eigenvalue weighted by atomic mass is 16.6. The summed E-state index contributed by atoms with van der Waals surface area (Å²) in [6.07, 6.45) is 77.2. The molecule has 4 aliphatic rings. The molecular formula is C82H138O9. The van der Waals surface area contributed by atoms with Crippen molar-refractivity contribution in [2.24, 2.45) is 28.6 Å². The van der Waals surface area contributed by atoms with Gasteiger partial charge in [0.25, 0.3) is 0 Å². The molecule has 0 saturated heterocycles. The summed E-state index contributed by atoms with van der Waals surface area (Å²) in [5, 5.41) is 0. The maximum absolute atomic E-state index is 13.1. The summed E-state index contributed by atoms with van der Waals surface area (Å²) in [6.45, 7) is 13.8. The molecule has 0 aromatic carbocycles. The van der Waals surface area contributed by atoms with Gasteiger partial charge in [0.2, 0.25) is 0 Å². The molecule has 5 unspecified atom stereocenters. The molecule has 0 aromatic rings. The van der Waals surface area contributed by atoms with Gasteiger partial charge in [0, 0.05) is 31.1 Å². The van der Waals surface area contributed by atoms with Gasteiger partial charge in [0.1, 0.15) is 19.3 Å². The lowest BCUT2D eigenvalue weighted by atomic mass is 9.47. The minimum Gasteiger partial charge on any atom is -0.462 e. The lowest BCUT2D eigenvalue weighted by Crippen LogP contribution is -2.52. The van der Waals surface area contributed by atoms with Gasteiger partial charge in [0.05, 0.1) is 12.2 Å². The average Bonchev–Trinajstić information content (AvgIpc) is 1.71. The van der Waals surface area contributed by atoms with Crippen LogP contribution in [0.1, 0.15) is 356 Å². The average molecular weight is 1270 g/mol. The van der Waals surface area contributed by atoms with Gasteiger partial charge in [-0.2, -0.15) is 0 Å². The van der Waals surface area contributed by atoms with Crippen LogP contribution in [0.25, 0.3) is 0 Å². The largest absolute Gasteiger partial charge is 0.462 e. The Balaban J connectivity index is 1.15. The standard InChI is InChI=1S/C82H138O9/c1-7-11-15-18-20-22-24-26-28-30-32-34-38-43-49-54-77(83)87-67-72(90-79(85)57-51-45-39-35-33-31-29-27-25-23-21-19-16-12-8-2)68-88-78(84)55-50-44-40-36-37-42-48-53-70(52-47-41-17-13-9-3)89-71-62-64-81(5)69(66-71)58-59-73-74-60-61-76(82(74,6)65-63-75(73)81)91-80(86)56-46-14-10-4/h21,23,26-29,47-48,52-53,66,70-76H,7-20,22,24-25,30-46,49-51,54-65,67-68H2,1-6H3/b23-21-,28-26-,29-27-,52-47-,53-48-/t70?,71?,72?,73-,74?,75?,76-,81-,82-/m0/s1. The van der Waals surface area contributed by atoms with Gasteiger partial charge in [0.15, 0.2) is 6.10 Å². The number of rotatable bonds is 55. The van der Waals surface area contributed by atoms with E-state index in [-0.39, 0.29) is 66.2 Å². The maximum Gasteiger partial charge on any atom is 0.306 e. The molecule has 0 aromatic heterocycles. The molecule has 3 fully saturated rings. The predicted octanol–water partition coefficient (Wildman–Crippen LogP) is 23.5. The Bertz CT molecular complexity index is 2100. The zero-order valence-corrected chi connectivity index (χ0v) is 59.6. The molecule has 0 radical (unpaired) electrons. The molecule has 9 heteroatoms. The van der Waals surface area contributed by atoms with Crippen LogP contribution in [0.3, 0.4) is 0 Å². The third kappa shape index (κ3) is 34.0. The van der Waals surface area contributed by atoms with Crippen molar-refractivity contribution in [3.63, 3.8) is 0 Å². The smallest absolute Gasteiger partial charge is 0.306 e. The second-order valence-electron chi connectivity index (χ2n) is 28.7. The Kier molecular flexibility index (Phi) is 44.4. The second-order valence-corrected chi connectivity index (χ2v) is 28.7. The van der Waals surface area contributed by atoms with Crippen LogP contribution in [-0.4, -0.2) is 61.5 Å². The summed E-state index contributed by atoms with van der Waals surface area (Å²) in [7, 11) is 0. The minimum absolute atomic E-state index is 0.0228. The van der Waals surface area contributed by atoms with Crippen LogP contribution in [0.5, 0.6) is 0 Å². The maximum atomic E-state index is 13.1. The normalized spacial score (nSPS) is 23.0. The molecule has 520 valence electrons. The molecular weight excluding hydrogens is 1130 g/mol. The van der Waals surface area contributed by atoms with Crippen molar-refractivity contribution in [2.75, 3.05) is 13.2 Å². The van der Waals surface area contributed by atoms with E-state index in [1.54, 1.807) is 5.57 Å². The van der Waals surface area contributed by atoms with Crippen molar-refractivity contribution in [2.45, 2.75) is 381 Å². The van der Waals surface area contributed by atoms with Crippen LogP contribution in [0.4, 0.5) is 0 Å².